The Hall–Kier alpha value is -1.52. The van der Waals surface area contributed by atoms with Crippen LogP contribution < -0.4 is 9.47 Å². The quantitative estimate of drug-likeness (QED) is 0.935. The van der Waals surface area contributed by atoms with Crippen molar-refractivity contribution in [2.75, 3.05) is 14.2 Å². The second kappa shape index (κ2) is 6.08. The molecule has 0 amide bonds. The third-order valence-electron chi connectivity index (χ3n) is 2.93. The Bertz CT molecular complexity index is 569. The molecular weight excluding hydrogens is 308 g/mol. The lowest BCUT2D eigenvalue weighted by Gasteiger charge is -2.17. The van der Waals surface area contributed by atoms with Crippen molar-refractivity contribution in [3.63, 3.8) is 0 Å². The van der Waals surface area contributed by atoms with Gasteiger partial charge in [-0.25, -0.2) is 0 Å². The molecule has 2 aromatic carbocycles. The first-order valence-corrected chi connectivity index (χ1v) is 6.61. The first-order chi connectivity index (χ1) is 9.17. The van der Waals surface area contributed by atoms with Gasteiger partial charge in [0, 0.05) is 10.0 Å². The molecule has 0 spiro atoms. The first kappa shape index (κ1) is 13.9. The van der Waals surface area contributed by atoms with Gasteiger partial charge in [-0.1, -0.05) is 34.1 Å². The summed E-state index contributed by atoms with van der Waals surface area (Å²) in [4.78, 5) is 0. The Morgan fingerprint density at radius 1 is 1.00 bits per heavy atom. The fraction of sp³-hybridized carbons (Fsp3) is 0.200. The monoisotopic (exact) mass is 322 g/mol. The second-order valence-electron chi connectivity index (χ2n) is 4.03. The van der Waals surface area contributed by atoms with E-state index in [0.717, 1.165) is 10.0 Å². The molecule has 19 heavy (non-hydrogen) atoms. The number of aliphatic hydroxyl groups is 1. The van der Waals surface area contributed by atoms with E-state index in [1.807, 2.05) is 24.3 Å². The summed E-state index contributed by atoms with van der Waals surface area (Å²) in [6.07, 6.45) is -0.777. The van der Waals surface area contributed by atoms with E-state index in [-0.39, 0.29) is 0 Å². The maximum Gasteiger partial charge on any atom is 0.125 e. The molecule has 0 saturated carbocycles. The Morgan fingerprint density at radius 2 is 1.74 bits per heavy atom. The SMILES string of the molecule is COc1ccc(OC)c([C@H](O)c2ccccc2Br)c1. The molecule has 0 bridgehead atoms. The predicted molar refractivity (Wildman–Crippen MR) is 77.7 cm³/mol. The van der Waals surface area contributed by atoms with Gasteiger partial charge in [-0.3, -0.25) is 0 Å². The van der Waals surface area contributed by atoms with E-state index in [2.05, 4.69) is 15.9 Å². The van der Waals surface area contributed by atoms with Crippen LogP contribution in [-0.2, 0) is 0 Å². The van der Waals surface area contributed by atoms with Gasteiger partial charge in [-0.15, -0.1) is 0 Å². The summed E-state index contributed by atoms with van der Waals surface area (Å²) >= 11 is 3.44. The van der Waals surface area contributed by atoms with Crippen molar-refractivity contribution in [2.45, 2.75) is 6.10 Å². The number of rotatable bonds is 4. The average molecular weight is 323 g/mol. The molecule has 0 radical (unpaired) electrons. The van der Waals surface area contributed by atoms with Crippen LogP contribution in [0.25, 0.3) is 0 Å². The minimum Gasteiger partial charge on any atom is -0.497 e. The Labute approximate surface area is 120 Å². The van der Waals surface area contributed by atoms with Crippen LogP contribution in [0.1, 0.15) is 17.2 Å². The van der Waals surface area contributed by atoms with E-state index >= 15 is 0 Å². The van der Waals surface area contributed by atoms with Crippen LogP contribution in [-0.4, -0.2) is 19.3 Å². The van der Waals surface area contributed by atoms with E-state index in [1.165, 1.54) is 0 Å². The van der Waals surface area contributed by atoms with Crippen LogP contribution in [0.5, 0.6) is 11.5 Å². The molecule has 1 atom stereocenters. The molecule has 0 heterocycles. The molecule has 3 nitrogen and oxygen atoms in total. The molecule has 0 aromatic heterocycles. The normalized spacial score (nSPS) is 12.0. The molecule has 100 valence electrons. The molecule has 0 aliphatic carbocycles. The van der Waals surface area contributed by atoms with Crippen molar-refractivity contribution in [1.29, 1.82) is 0 Å². The highest BCUT2D eigenvalue weighted by Crippen LogP contribution is 2.35. The Kier molecular flexibility index (Phi) is 4.45. The zero-order valence-corrected chi connectivity index (χ0v) is 12.3. The zero-order chi connectivity index (χ0) is 13.8. The number of methoxy groups -OCH3 is 2. The molecule has 2 rings (SSSR count). The molecule has 0 unspecified atom stereocenters. The Balaban J connectivity index is 2.48. The van der Waals surface area contributed by atoms with E-state index < -0.39 is 6.10 Å². The molecular formula is C15H15BrO3. The van der Waals surface area contributed by atoms with Crippen molar-refractivity contribution in [3.8, 4) is 11.5 Å². The molecule has 2 aromatic rings. The fourth-order valence-corrected chi connectivity index (χ4v) is 2.42. The maximum atomic E-state index is 10.5. The number of hydrogen-bond donors (Lipinski definition) is 1. The molecule has 0 fully saturated rings. The molecule has 0 aliphatic rings. The van der Waals surface area contributed by atoms with Crippen LogP contribution >= 0.6 is 15.9 Å². The minimum atomic E-state index is -0.777. The molecule has 0 aliphatic heterocycles. The topological polar surface area (TPSA) is 38.7 Å². The van der Waals surface area contributed by atoms with Gasteiger partial charge < -0.3 is 14.6 Å². The van der Waals surface area contributed by atoms with Crippen molar-refractivity contribution in [1.82, 2.24) is 0 Å². The lowest BCUT2D eigenvalue weighted by Crippen LogP contribution is -2.03. The summed E-state index contributed by atoms with van der Waals surface area (Å²) in [6, 6.07) is 12.9. The third kappa shape index (κ3) is 2.91. The number of aliphatic hydroxyl groups excluding tert-OH is 1. The predicted octanol–water partition coefficient (Wildman–Crippen LogP) is 3.55. The summed E-state index contributed by atoms with van der Waals surface area (Å²) in [5.41, 5.74) is 1.46. The number of ether oxygens (including phenoxy) is 2. The van der Waals surface area contributed by atoms with Gasteiger partial charge in [-0.2, -0.15) is 0 Å². The van der Waals surface area contributed by atoms with Crippen LogP contribution in [0, 0.1) is 0 Å². The number of benzene rings is 2. The lowest BCUT2D eigenvalue weighted by molar-refractivity contribution is 0.213. The maximum absolute atomic E-state index is 10.5. The van der Waals surface area contributed by atoms with Gasteiger partial charge in [0.1, 0.15) is 17.6 Å². The van der Waals surface area contributed by atoms with Crippen LogP contribution in [0.15, 0.2) is 46.9 Å². The van der Waals surface area contributed by atoms with Crippen LogP contribution in [0.2, 0.25) is 0 Å². The summed E-state index contributed by atoms with van der Waals surface area (Å²) in [5.74, 6) is 1.31. The zero-order valence-electron chi connectivity index (χ0n) is 10.8. The van der Waals surface area contributed by atoms with Crippen LogP contribution in [0.4, 0.5) is 0 Å². The number of halogens is 1. The number of hydrogen-bond acceptors (Lipinski definition) is 3. The lowest BCUT2D eigenvalue weighted by atomic mass is 10.0. The van der Waals surface area contributed by atoms with E-state index in [9.17, 15) is 5.11 Å². The van der Waals surface area contributed by atoms with Crippen molar-refractivity contribution in [3.05, 3.63) is 58.1 Å². The third-order valence-corrected chi connectivity index (χ3v) is 3.65. The van der Waals surface area contributed by atoms with E-state index in [0.29, 0.717) is 17.1 Å². The summed E-state index contributed by atoms with van der Waals surface area (Å²) < 4.78 is 11.3. The van der Waals surface area contributed by atoms with Gasteiger partial charge in [0.15, 0.2) is 0 Å². The average Bonchev–Trinajstić information content (AvgIpc) is 2.46. The molecule has 4 heteroatoms. The first-order valence-electron chi connectivity index (χ1n) is 5.81. The fourth-order valence-electron chi connectivity index (χ4n) is 1.92. The van der Waals surface area contributed by atoms with Gasteiger partial charge in [-0.05, 0) is 29.8 Å². The Morgan fingerprint density at radius 3 is 2.37 bits per heavy atom. The standard InChI is InChI=1S/C15H15BrO3/c1-18-10-7-8-14(19-2)12(9-10)15(17)11-5-3-4-6-13(11)16/h3-9,15,17H,1-2H3/t15-/m1/s1. The van der Waals surface area contributed by atoms with Crippen molar-refractivity contribution < 1.29 is 14.6 Å². The highest BCUT2D eigenvalue weighted by molar-refractivity contribution is 9.10. The molecule has 0 saturated heterocycles. The summed E-state index contributed by atoms with van der Waals surface area (Å²) in [7, 11) is 3.18. The van der Waals surface area contributed by atoms with E-state index in [1.54, 1.807) is 32.4 Å². The van der Waals surface area contributed by atoms with Gasteiger partial charge in [0.2, 0.25) is 0 Å². The van der Waals surface area contributed by atoms with Crippen molar-refractivity contribution >= 4 is 15.9 Å². The van der Waals surface area contributed by atoms with E-state index in [4.69, 9.17) is 9.47 Å². The highest BCUT2D eigenvalue weighted by atomic mass is 79.9. The van der Waals surface area contributed by atoms with Gasteiger partial charge in [0.05, 0.1) is 14.2 Å². The highest BCUT2D eigenvalue weighted by Gasteiger charge is 2.18. The second-order valence-corrected chi connectivity index (χ2v) is 4.89. The minimum absolute atomic E-state index is 0.629. The van der Waals surface area contributed by atoms with Crippen molar-refractivity contribution in [2.24, 2.45) is 0 Å². The smallest absolute Gasteiger partial charge is 0.125 e. The summed E-state index contributed by atoms with van der Waals surface area (Å²) in [6.45, 7) is 0. The molecule has 1 N–H and O–H groups in total. The van der Waals surface area contributed by atoms with Gasteiger partial charge in [0.25, 0.3) is 0 Å². The largest absolute Gasteiger partial charge is 0.497 e. The van der Waals surface area contributed by atoms with Crippen LogP contribution in [0.3, 0.4) is 0 Å². The summed E-state index contributed by atoms with van der Waals surface area (Å²) in [5, 5.41) is 10.5. The van der Waals surface area contributed by atoms with Gasteiger partial charge >= 0.3 is 0 Å².